The van der Waals surface area contributed by atoms with Crippen LogP contribution in [-0.2, 0) is 17.9 Å². The van der Waals surface area contributed by atoms with Gasteiger partial charge in [-0.2, -0.15) is 0 Å². The molecule has 0 fully saturated rings. The quantitative estimate of drug-likeness (QED) is 0.279. The number of aliphatic imine (C=N–C) groups is 1. The Balaban J connectivity index is 0.00000280. The summed E-state index contributed by atoms with van der Waals surface area (Å²) in [5.41, 5.74) is 2.58. The number of halogens is 1. The third-order valence-electron chi connectivity index (χ3n) is 3.81. The summed E-state index contributed by atoms with van der Waals surface area (Å²) in [5, 5.41) is 17.6. The average molecular weight is 493 g/mol. The molecule has 0 saturated heterocycles. The van der Waals surface area contributed by atoms with Crippen LogP contribution in [0.4, 0.5) is 5.69 Å². The highest BCUT2D eigenvalue weighted by Gasteiger charge is 2.06. The van der Waals surface area contributed by atoms with Gasteiger partial charge in [-0.3, -0.25) is 9.20 Å². The van der Waals surface area contributed by atoms with Crippen molar-refractivity contribution >= 4 is 47.2 Å². The van der Waals surface area contributed by atoms with Gasteiger partial charge in [-0.25, -0.2) is 4.99 Å². The maximum atomic E-state index is 11.2. The number of hydrogen-bond donors (Lipinski definition) is 3. The zero-order chi connectivity index (χ0) is 19.1. The summed E-state index contributed by atoms with van der Waals surface area (Å²) in [7, 11) is 0. The van der Waals surface area contributed by atoms with Gasteiger partial charge in [0.25, 0.3) is 0 Å². The van der Waals surface area contributed by atoms with Crippen molar-refractivity contribution in [3.8, 4) is 0 Å². The first-order valence-electron chi connectivity index (χ1n) is 8.83. The molecular formula is C19H24IN7O. The summed E-state index contributed by atoms with van der Waals surface area (Å²) >= 11 is 0. The standard InChI is InChI=1S/C19H23N7O.HI/c1-3-20-19(21-12-15-7-6-8-16(11-15)23-14(2)27)22-13-18-25-24-17-9-4-5-10-26(17)18;/h4-11H,3,12-13H2,1-2H3,(H,23,27)(H2,20,21,22);1H. The van der Waals surface area contributed by atoms with Crippen LogP contribution < -0.4 is 16.0 Å². The molecule has 0 radical (unpaired) electrons. The lowest BCUT2D eigenvalue weighted by Crippen LogP contribution is -2.37. The molecule has 0 aliphatic heterocycles. The van der Waals surface area contributed by atoms with Crippen molar-refractivity contribution in [3.05, 3.63) is 60.0 Å². The SMILES string of the molecule is CCNC(=NCc1cccc(NC(C)=O)c1)NCc1nnc2ccccn12.I. The van der Waals surface area contributed by atoms with Gasteiger partial charge in [0.2, 0.25) is 5.91 Å². The smallest absolute Gasteiger partial charge is 0.221 e. The van der Waals surface area contributed by atoms with Crippen LogP contribution in [-0.4, -0.2) is 33.0 Å². The van der Waals surface area contributed by atoms with Crippen LogP contribution in [0.15, 0.2) is 53.7 Å². The largest absolute Gasteiger partial charge is 0.357 e. The van der Waals surface area contributed by atoms with Crippen molar-refractivity contribution in [2.45, 2.75) is 26.9 Å². The number of nitrogens with zero attached hydrogens (tertiary/aromatic N) is 4. The monoisotopic (exact) mass is 493 g/mol. The second-order valence-electron chi connectivity index (χ2n) is 5.98. The number of anilines is 1. The fraction of sp³-hybridized carbons (Fsp3) is 0.263. The van der Waals surface area contributed by atoms with E-state index in [1.54, 1.807) is 0 Å². The molecule has 0 atom stereocenters. The number of pyridine rings is 1. The lowest BCUT2D eigenvalue weighted by molar-refractivity contribution is -0.114. The summed E-state index contributed by atoms with van der Waals surface area (Å²) in [6.07, 6.45) is 1.93. The molecule has 3 rings (SSSR count). The Morgan fingerprint density at radius 2 is 2.00 bits per heavy atom. The highest BCUT2D eigenvalue weighted by Crippen LogP contribution is 2.11. The van der Waals surface area contributed by atoms with Gasteiger partial charge >= 0.3 is 0 Å². The predicted octanol–water partition coefficient (Wildman–Crippen LogP) is 2.56. The van der Waals surface area contributed by atoms with E-state index >= 15 is 0 Å². The van der Waals surface area contributed by atoms with Crippen LogP contribution >= 0.6 is 24.0 Å². The van der Waals surface area contributed by atoms with Crippen molar-refractivity contribution in [2.75, 3.05) is 11.9 Å². The Labute approximate surface area is 180 Å². The first kappa shape index (κ1) is 21.6. The molecule has 0 saturated carbocycles. The lowest BCUT2D eigenvalue weighted by atomic mass is 10.2. The summed E-state index contributed by atoms with van der Waals surface area (Å²) in [4.78, 5) is 15.8. The third-order valence-corrected chi connectivity index (χ3v) is 3.81. The minimum Gasteiger partial charge on any atom is -0.357 e. The van der Waals surface area contributed by atoms with Gasteiger partial charge in [-0.1, -0.05) is 18.2 Å². The van der Waals surface area contributed by atoms with Gasteiger partial charge in [-0.15, -0.1) is 34.2 Å². The highest BCUT2D eigenvalue weighted by atomic mass is 127. The number of carbonyl (C=O) groups excluding carboxylic acids is 1. The molecule has 28 heavy (non-hydrogen) atoms. The summed E-state index contributed by atoms with van der Waals surface area (Å²) < 4.78 is 1.94. The van der Waals surface area contributed by atoms with Gasteiger partial charge in [-0.05, 0) is 36.8 Å². The number of benzene rings is 1. The highest BCUT2D eigenvalue weighted by molar-refractivity contribution is 14.0. The molecule has 2 aromatic heterocycles. The van der Waals surface area contributed by atoms with Crippen molar-refractivity contribution in [1.29, 1.82) is 0 Å². The molecular weight excluding hydrogens is 469 g/mol. The second-order valence-corrected chi connectivity index (χ2v) is 5.98. The molecule has 1 amide bonds. The van der Waals surface area contributed by atoms with Gasteiger partial charge in [0, 0.05) is 25.4 Å². The molecule has 0 unspecified atom stereocenters. The third kappa shape index (κ3) is 5.91. The molecule has 8 nitrogen and oxygen atoms in total. The van der Waals surface area contributed by atoms with Gasteiger partial charge in [0.05, 0.1) is 13.1 Å². The lowest BCUT2D eigenvalue weighted by Gasteiger charge is -2.11. The molecule has 0 aliphatic carbocycles. The normalized spacial score (nSPS) is 11.0. The minimum atomic E-state index is -0.0915. The molecule has 0 bridgehead atoms. The van der Waals surface area contributed by atoms with Crippen LogP contribution in [0, 0.1) is 0 Å². The number of rotatable bonds is 6. The number of amides is 1. The number of fused-ring (bicyclic) bond motifs is 1. The minimum absolute atomic E-state index is 0. The summed E-state index contributed by atoms with van der Waals surface area (Å²) in [6.45, 7) is 5.25. The number of carbonyl (C=O) groups is 1. The molecule has 0 spiro atoms. The Morgan fingerprint density at radius 3 is 2.79 bits per heavy atom. The van der Waals surface area contributed by atoms with Crippen molar-refractivity contribution < 1.29 is 4.79 Å². The van der Waals surface area contributed by atoms with Gasteiger partial charge in [0.15, 0.2) is 17.4 Å². The molecule has 148 valence electrons. The second kappa shape index (κ2) is 10.6. The van der Waals surface area contributed by atoms with E-state index in [0.717, 1.165) is 29.3 Å². The van der Waals surface area contributed by atoms with E-state index in [-0.39, 0.29) is 29.9 Å². The number of hydrogen-bond acceptors (Lipinski definition) is 4. The van der Waals surface area contributed by atoms with Crippen LogP contribution in [0.5, 0.6) is 0 Å². The first-order chi connectivity index (χ1) is 13.2. The molecule has 3 aromatic rings. The topological polar surface area (TPSA) is 95.7 Å². The molecule has 0 aliphatic rings. The maximum Gasteiger partial charge on any atom is 0.221 e. The van der Waals surface area contributed by atoms with Crippen LogP contribution in [0.2, 0.25) is 0 Å². The van der Waals surface area contributed by atoms with Crippen LogP contribution in [0.1, 0.15) is 25.2 Å². The van der Waals surface area contributed by atoms with Gasteiger partial charge < -0.3 is 16.0 Å². The van der Waals surface area contributed by atoms with E-state index in [1.165, 1.54) is 6.92 Å². The van der Waals surface area contributed by atoms with E-state index in [4.69, 9.17) is 0 Å². The fourth-order valence-corrected chi connectivity index (χ4v) is 2.64. The van der Waals surface area contributed by atoms with Crippen molar-refractivity contribution in [1.82, 2.24) is 25.2 Å². The van der Waals surface area contributed by atoms with Crippen molar-refractivity contribution in [2.24, 2.45) is 4.99 Å². The Morgan fingerprint density at radius 1 is 1.14 bits per heavy atom. The zero-order valence-corrected chi connectivity index (χ0v) is 18.2. The molecule has 2 heterocycles. The first-order valence-corrected chi connectivity index (χ1v) is 8.83. The van der Waals surface area contributed by atoms with Crippen LogP contribution in [0.25, 0.3) is 5.65 Å². The van der Waals surface area contributed by atoms with E-state index in [1.807, 2.05) is 60.0 Å². The summed E-state index contributed by atoms with van der Waals surface area (Å²) in [5.74, 6) is 1.41. The van der Waals surface area contributed by atoms with Crippen molar-refractivity contribution in [3.63, 3.8) is 0 Å². The van der Waals surface area contributed by atoms with Crippen LogP contribution in [0.3, 0.4) is 0 Å². The molecule has 3 N–H and O–H groups in total. The Bertz CT molecular complexity index is 954. The zero-order valence-electron chi connectivity index (χ0n) is 15.8. The average Bonchev–Trinajstić information content (AvgIpc) is 3.07. The molecule has 9 heteroatoms. The fourth-order valence-electron chi connectivity index (χ4n) is 2.64. The Hall–Kier alpha value is -2.69. The van der Waals surface area contributed by atoms with E-state index in [9.17, 15) is 4.79 Å². The maximum absolute atomic E-state index is 11.2. The van der Waals surface area contributed by atoms with Gasteiger partial charge in [0.1, 0.15) is 0 Å². The predicted molar refractivity (Wildman–Crippen MR) is 121 cm³/mol. The van der Waals surface area contributed by atoms with E-state index in [0.29, 0.717) is 19.0 Å². The number of aromatic nitrogens is 3. The Kier molecular flexibility index (Phi) is 8.18. The molecule has 1 aromatic carbocycles. The van der Waals surface area contributed by atoms with E-state index in [2.05, 4.69) is 31.1 Å². The number of guanidine groups is 1. The summed E-state index contributed by atoms with van der Waals surface area (Å²) in [6, 6.07) is 13.4. The van der Waals surface area contributed by atoms with E-state index < -0.39 is 0 Å². The number of nitrogens with one attached hydrogen (secondary N) is 3.